The minimum Gasteiger partial charge on any atom is -0.377 e. The van der Waals surface area contributed by atoms with Crippen LogP contribution in [0.2, 0.25) is 0 Å². The maximum atomic E-state index is 13.3. The molecule has 2 aliphatic carbocycles. The van der Waals surface area contributed by atoms with Crippen LogP contribution in [0, 0.1) is 17.2 Å². The lowest BCUT2D eigenvalue weighted by atomic mass is 9.46. The van der Waals surface area contributed by atoms with Crippen molar-refractivity contribution in [2.45, 2.75) is 51.3 Å². The van der Waals surface area contributed by atoms with E-state index in [0.29, 0.717) is 30.0 Å². The summed E-state index contributed by atoms with van der Waals surface area (Å²) in [7, 11) is 0. The van der Waals surface area contributed by atoms with Crippen molar-refractivity contribution in [2.24, 2.45) is 16.3 Å². The van der Waals surface area contributed by atoms with Crippen molar-refractivity contribution in [1.82, 2.24) is 10.6 Å². The fourth-order valence-electron chi connectivity index (χ4n) is 4.73. The SMILES string of the molecule is CCNC(=NCc1cccc(F)c1)NC1C2CCOC2C12CCC2.I. The zero-order chi connectivity index (χ0) is 16.6. The van der Waals surface area contributed by atoms with E-state index in [1.54, 1.807) is 12.1 Å². The molecule has 2 saturated carbocycles. The quantitative estimate of drug-likeness (QED) is 0.412. The Morgan fingerprint density at radius 3 is 2.92 bits per heavy atom. The number of fused-ring (bicyclic) bond motifs is 2. The van der Waals surface area contributed by atoms with Crippen LogP contribution in [0.25, 0.3) is 0 Å². The summed E-state index contributed by atoms with van der Waals surface area (Å²) in [5.41, 5.74) is 1.22. The normalized spacial score (nSPS) is 29.2. The lowest BCUT2D eigenvalue weighted by Gasteiger charge is -2.63. The van der Waals surface area contributed by atoms with Gasteiger partial charge in [0, 0.05) is 30.5 Å². The fourth-order valence-corrected chi connectivity index (χ4v) is 4.73. The molecule has 0 amide bonds. The number of aliphatic imine (C=N–C) groups is 1. The van der Waals surface area contributed by atoms with Gasteiger partial charge in [0.2, 0.25) is 0 Å². The number of nitrogens with one attached hydrogen (secondary N) is 2. The minimum atomic E-state index is -0.209. The first-order chi connectivity index (χ1) is 11.7. The van der Waals surface area contributed by atoms with Crippen LogP contribution in [0.5, 0.6) is 0 Å². The molecule has 0 radical (unpaired) electrons. The molecule has 1 heterocycles. The van der Waals surface area contributed by atoms with Gasteiger partial charge < -0.3 is 15.4 Å². The van der Waals surface area contributed by atoms with Gasteiger partial charge in [-0.25, -0.2) is 9.38 Å². The Hall–Kier alpha value is -0.890. The number of benzene rings is 1. The molecule has 3 aliphatic rings. The molecule has 1 spiro atoms. The Bertz CT molecular complexity index is 635. The van der Waals surface area contributed by atoms with Gasteiger partial charge in [-0.1, -0.05) is 18.6 Å². The Kier molecular flexibility index (Phi) is 5.88. The van der Waals surface area contributed by atoms with Crippen molar-refractivity contribution < 1.29 is 9.13 Å². The van der Waals surface area contributed by atoms with Crippen molar-refractivity contribution in [1.29, 1.82) is 0 Å². The summed E-state index contributed by atoms with van der Waals surface area (Å²) in [6.07, 6.45) is 5.43. The molecule has 138 valence electrons. The Morgan fingerprint density at radius 2 is 2.24 bits per heavy atom. The van der Waals surface area contributed by atoms with Gasteiger partial charge in [0.25, 0.3) is 0 Å². The molecule has 3 unspecified atom stereocenters. The molecule has 3 atom stereocenters. The van der Waals surface area contributed by atoms with Gasteiger partial charge in [-0.05, 0) is 43.9 Å². The highest BCUT2D eigenvalue weighted by molar-refractivity contribution is 14.0. The minimum absolute atomic E-state index is 0. The standard InChI is InChI=1S/C19H26FN3O.HI/c1-2-21-18(22-12-13-5-3-6-14(20)11-13)23-16-15-7-10-24-17(15)19(16)8-4-9-19;/h3,5-6,11,15-17H,2,4,7-10,12H2,1H3,(H2,21,22,23);1H. The molecule has 1 aromatic carbocycles. The third-order valence-corrected chi connectivity index (χ3v) is 5.98. The van der Waals surface area contributed by atoms with Crippen molar-refractivity contribution in [3.05, 3.63) is 35.6 Å². The van der Waals surface area contributed by atoms with Gasteiger partial charge in [0.15, 0.2) is 5.96 Å². The summed E-state index contributed by atoms with van der Waals surface area (Å²) >= 11 is 0. The van der Waals surface area contributed by atoms with Crippen LogP contribution in [0.3, 0.4) is 0 Å². The maximum Gasteiger partial charge on any atom is 0.191 e. The molecule has 1 aromatic rings. The summed E-state index contributed by atoms with van der Waals surface area (Å²) in [6.45, 7) is 4.27. The van der Waals surface area contributed by atoms with E-state index >= 15 is 0 Å². The summed E-state index contributed by atoms with van der Waals surface area (Å²) in [5, 5.41) is 7.01. The maximum absolute atomic E-state index is 13.3. The first-order valence-electron chi connectivity index (χ1n) is 9.14. The average Bonchev–Trinajstić information content (AvgIpc) is 2.94. The lowest BCUT2D eigenvalue weighted by Crippen LogP contribution is -2.72. The molecule has 0 bridgehead atoms. The summed E-state index contributed by atoms with van der Waals surface area (Å²) in [6, 6.07) is 7.12. The first kappa shape index (κ1) is 18.9. The van der Waals surface area contributed by atoms with Gasteiger partial charge in [-0.15, -0.1) is 24.0 Å². The van der Waals surface area contributed by atoms with E-state index in [1.807, 2.05) is 6.07 Å². The predicted octanol–water partition coefficient (Wildman–Crippen LogP) is 3.46. The van der Waals surface area contributed by atoms with Crippen LogP contribution < -0.4 is 10.6 Å². The van der Waals surface area contributed by atoms with Crippen LogP contribution in [-0.4, -0.2) is 31.3 Å². The van der Waals surface area contributed by atoms with E-state index in [4.69, 9.17) is 4.74 Å². The molecule has 2 N–H and O–H groups in total. The van der Waals surface area contributed by atoms with Gasteiger partial charge >= 0.3 is 0 Å². The molecule has 6 heteroatoms. The topological polar surface area (TPSA) is 45.7 Å². The summed E-state index contributed by atoms with van der Waals surface area (Å²) < 4.78 is 19.3. The van der Waals surface area contributed by atoms with Crippen LogP contribution in [-0.2, 0) is 11.3 Å². The molecule has 1 aliphatic heterocycles. The summed E-state index contributed by atoms with van der Waals surface area (Å²) in [5.74, 6) is 1.24. The Balaban J connectivity index is 0.00000182. The predicted molar refractivity (Wildman–Crippen MR) is 108 cm³/mol. The van der Waals surface area contributed by atoms with Crippen LogP contribution in [0.15, 0.2) is 29.3 Å². The average molecular weight is 459 g/mol. The number of rotatable bonds is 4. The molecule has 4 rings (SSSR count). The highest BCUT2D eigenvalue weighted by atomic mass is 127. The zero-order valence-corrected chi connectivity index (χ0v) is 17.0. The Labute approximate surface area is 166 Å². The zero-order valence-electron chi connectivity index (χ0n) is 14.6. The highest BCUT2D eigenvalue weighted by Gasteiger charge is 2.66. The van der Waals surface area contributed by atoms with Crippen molar-refractivity contribution in [3.63, 3.8) is 0 Å². The highest BCUT2D eigenvalue weighted by Crippen LogP contribution is 2.62. The molecule has 1 saturated heterocycles. The van der Waals surface area contributed by atoms with E-state index < -0.39 is 0 Å². The fraction of sp³-hybridized carbons (Fsp3) is 0.632. The molecule has 4 nitrogen and oxygen atoms in total. The Morgan fingerprint density at radius 1 is 1.40 bits per heavy atom. The van der Waals surface area contributed by atoms with Gasteiger partial charge in [0.1, 0.15) is 5.82 Å². The largest absolute Gasteiger partial charge is 0.377 e. The van der Waals surface area contributed by atoms with E-state index in [-0.39, 0.29) is 29.8 Å². The van der Waals surface area contributed by atoms with Gasteiger partial charge in [0.05, 0.1) is 12.6 Å². The van der Waals surface area contributed by atoms with E-state index in [9.17, 15) is 4.39 Å². The monoisotopic (exact) mass is 459 g/mol. The number of guanidine groups is 1. The number of nitrogens with zero attached hydrogens (tertiary/aromatic N) is 1. The molecule has 0 aromatic heterocycles. The number of halogens is 2. The van der Waals surface area contributed by atoms with Crippen LogP contribution in [0.4, 0.5) is 4.39 Å². The van der Waals surface area contributed by atoms with Crippen molar-refractivity contribution >= 4 is 29.9 Å². The lowest BCUT2D eigenvalue weighted by molar-refractivity contribution is -0.171. The third-order valence-electron chi connectivity index (χ3n) is 5.98. The second-order valence-corrected chi connectivity index (χ2v) is 7.28. The van der Waals surface area contributed by atoms with Crippen LogP contribution >= 0.6 is 24.0 Å². The van der Waals surface area contributed by atoms with Crippen molar-refractivity contribution in [3.8, 4) is 0 Å². The smallest absolute Gasteiger partial charge is 0.191 e. The number of hydrogen-bond donors (Lipinski definition) is 2. The molecule has 25 heavy (non-hydrogen) atoms. The second-order valence-electron chi connectivity index (χ2n) is 7.28. The first-order valence-corrected chi connectivity index (χ1v) is 9.14. The van der Waals surface area contributed by atoms with E-state index in [1.165, 1.54) is 25.3 Å². The van der Waals surface area contributed by atoms with E-state index in [2.05, 4.69) is 22.5 Å². The molecular weight excluding hydrogens is 432 g/mol. The molecular formula is C19H27FIN3O. The number of ether oxygens (including phenoxy) is 1. The molecule has 3 fully saturated rings. The van der Waals surface area contributed by atoms with Crippen molar-refractivity contribution in [2.75, 3.05) is 13.2 Å². The third kappa shape index (κ3) is 3.39. The van der Waals surface area contributed by atoms with Gasteiger partial charge in [-0.2, -0.15) is 0 Å². The van der Waals surface area contributed by atoms with E-state index in [0.717, 1.165) is 31.1 Å². The second kappa shape index (κ2) is 7.78. The van der Waals surface area contributed by atoms with Gasteiger partial charge in [-0.3, -0.25) is 0 Å². The number of hydrogen-bond acceptors (Lipinski definition) is 2. The summed E-state index contributed by atoms with van der Waals surface area (Å²) in [4.78, 5) is 4.67. The van der Waals surface area contributed by atoms with Crippen LogP contribution in [0.1, 0.15) is 38.2 Å².